The van der Waals surface area contributed by atoms with E-state index < -0.39 is 5.97 Å². The van der Waals surface area contributed by atoms with Crippen LogP contribution in [0.3, 0.4) is 0 Å². The SMILES string of the molecule is C=CC(=O)O.O=C1C=C(c2ccccc2)C(=O)N1. The van der Waals surface area contributed by atoms with Gasteiger partial charge >= 0.3 is 5.97 Å². The second kappa shape index (κ2) is 6.15. The molecule has 2 amide bonds. The number of aliphatic carboxylic acids is 1. The molecule has 0 bridgehead atoms. The van der Waals surface area contributed by atoms with E-state index in [1.807, 2.05) is 18.2 Å². The highest BCUT2D eigenvalue weighted by atomic mass is 16.4. The Morgan fingerprint density at radius 1 is 1.22 bits per heavy atom. The molecule has 1 aromatic rings. The molecule has 5 heteroatoms. The Balaban J connectivity index is 0.000000280. The van der Waals surface area contributed by atoms with Gasteiger partial charge in [0, 0.05) is 12.2 Å². The third kappa shape index (κ3) is 3.71. The van der Waals surface area contributed by atoms with Gasteiger partial charge in [-0.25, -0.2) is 4.79 Å². The fraction of sp³-hybridized carbons (Fsp3) is 0. The zero-order valence-corrected chi connectivity index (χ0v) is 9.42. The summed E-state index contributed by atoms with van der Waals surface area (Å²) >= 11 is 0. The topological polar surface area (TPSA) is 83.5 Å². The Kier molecular flexibility index (Phi) is 4.57. The minimum absolute atomic E-state index is 0.323. The molecule has 0 radical (unpaired) electrons. The number of rotatable bonds is 2. The summed E-state index contributed by atoms with van der Waals surface area (Å²) in [5, 5.41) is 9.80. The molecule has 5 nitrogen and oxygen atoms in total. The molecule has 0 fully saturated rings. The Bertz CT molecular complexity index is 517. The second-order valence-electron chi connectivity index (χ2n) is 3.28. The zero-order chi connectivity index (χ0) is 13.5. The summed E-state index contributed by atoms with van der Waals surface area (Å²) < 4.78 is 0. The molecule has 0 aliphatic carbocycles. The summed E-state index contributed by atoms with van der Waals surface area (Å²) in [5.41, 5.74) is 1.21. The lowest BCUT2D eigenvalue weighted by Gasteiger charge is -1.97. The maximum atomic E-state index is 11.2. The molecule has 0 atom stereocenters. The fourth-order valence-electron chi connectivity index (χ4n) is 1.24. The molecule has 1 aromatic carbocycles. The van der Waals surface area contributed by atoms with Crippen molar-refractivity contribution in [1.82, 2.24) is 5.32 Å². The Morgan fingerprint density at radius 2 is 1.78 bits per heavy atom. The molecule has 0 aromatic heterocycles. The highest BCUT2D eigenvalue weighted by molar-refractivity contribution is 6.33. The van der Waals surface area contributed by atoms with Gasteiger partial charge in [0.05, 0.1) is 5.57 Å². The van der Waals surface area contributed by atoms with Crippen molar-refractivity contribution < 1.29 is 19.5 Å². The Hall–Kier alpha value is -2.69. The van der Waals surface area contributed by atoms with Crippen molar-refractivity contribution >= 4 is 23.4 Å². The first-order chi connectivity index (χ1) is 8.54. The lowest BCUT2D eigenvalue weighted by molar-refractivity contribution is -0.131. The third-order valence-corrected chi connectivity index (χ3v) is 2.02. The lowest BCUT2D eigenvalue weighted by atomic mass is 10.1. The average molecular weight is 245 g/mol. The van der Waals surface area contributed by atoms with Gasteiger partial charge in [-0.15, -0.1) is 0 Å². The van der Waals surface area contributed by atoms with E-state index in [0.717, 1.165) is 11.6 Å². The molecule has 2 rings (SSSR count). The van der Waals surface area contributed by atoms with Crippen molar-refractivity contribution in [2.45, 2.75) is 0 Å². The van der Waals surface area contributed by atoms with Gasteiger partial charge in [0.1, 0.15) is 0 Å². The molecule has 0 saturated heterocycles. The second-order valence-corrected chi connectivity index (χ2v) is 3.28. The van der Waals surface area contributed by atoms with E-state index in [1.165, 1.54) is 6.08 Å². The normalized spacial score (nSPS) is 13.0. The number of hydrogen-bond donors (Lipinski definition) is 2. The molecule has 0 unspecified atom stereocenters. The summed E-state index contributed by atoms with van der Waals surface area (Å²) in [6.07, 6.45) is 2.15. The van der Waals surface area contributed by atoms with Crippen molar-refractivity contribution in [3.8, 4) is 0 Å². The highest BCUT2D eigenvalue weighted by Gasteiger charge is 2.21. The van der Waals surface area contributed by atoms with Crippen LogP contribution in [-0.4, -0.2) is 22.9 Å². The Labute approximate surface area is 103 Å². The van der Waals surface area contributed by atoms with Crippen LogP contribution in [0.4, 0.5) is 0 Å². The van der Waals surface area contributed by atoms with Crippen molar-refractivity contribution in [2.75, 3.05) is 0 Å². The maximum Gasteiger partial charge on any atom is 0.327 e. The molecule has 1 heterocycles. The van der Waals surface area contributed by atoms with Crippen LogP contribution in [0.1, 0.15) is 5.56 Å². The third-order valence-electron chi connectivity index (χ3n) is 2.02. The molecule has 0 saturated carbocycles. The number of carbonyl (C=O) groups is 3. The molecule has 1 aliphatic rings. The fourth-order valence-corrected chi connectivity index (χ4v) is 1.24. The number of nitrogens with one attached hydrogen (secondary N) is 1. The molecule has 0 spiro atoms. The number of imide groups is 1. The smallest absolute Gasteiger partial charge is 0.327 e. The van der Waals surface area contributed by atoms with Crippen molar-refractivity contribution in [3.05, 3.63) is 54.6 Å². The summed E-state index contributed by atoms with van der Waals surface area (Å²) in [7, 11) is 0. The monoisotopic (exact) mass is 245 g/mol. The van der Waals surface area contributed by atoms with Crippen LogP contribution >= 0.6 is 0 Å². The summed E-state index contributed by atoms with van der Waals surface area (Å²) in [6, 6.07) is 9.10. The molecule has 1 aliphatic heterocycles. The largest absolute Gasteiger partial charge is 0.478 e. The predicted molar refractivity (Wildman–Crippen MR) is 65.4 cm³/mol. The first-order valence-electron chi connectivity index (χ1n) is 5.02. The van der Waals surface area contributed by atoms with E-state index in [9.17, 15) is 14.4 Å². The predicted octanol–water partition coefficient (Wildman–Crippen LogP) is 0.983. The summed E-state index contributed by atoms with van der Waals surface area (Å²) in [5.74, 6) is -1.65. The number of benzene rings is 1. The summed E-state index contributed by atoms with van der Waals surface area (Å²) in [6.45, 7) is 2.96. The van der Waals surface area contributed by atoms with E-state index in [1.54, 1.807) is 12.1 Å². The highest BCUT2D eigenvalue weighted by Crippen LogP contribution is 2.16. The first kappa shape index (κ1) is 13.4. The van der Waals surface area contributed by atoms with E-state index >= 15 is 0 Å². The van der Waals surface area contributed by atoms with Gasteiger partial charge in [0.2, 0.25) is 0 Å². The van der Waals surface area contributed by atoms with Crippen LogP contribution < -0.4 is 5.32 Å². The van der Waals surface area contributed by atoms with Crippen LogP contribution in [0.15, 0.2) is 49.1 Å². The van der Waals surface area contributed by atoms with Crippen LogP contribution in [0.25, 0.3) is 5.57 Å². The minimum Gasteiger partial charge on any atom is -0.478 e. The molecule has 18 heavy (non-hydrogen) atoms. The van der Waals surface area contributed by atoms with E-state index in [-0.39, 0.29) is 11.8 Å². The average Bonchev–Trinajstić information content (AvgIpc) is 2.70. The van der Waals surface area contributed by atoms with Gasteiger partial charge in [-0.05, 0) is 5.56 Å². The Morgan fingerprint density at radius 3 is 2.17 bits per heavy atom. The number of carboxylic acid groups (broad SMARTS) is 1. The van der Waals surface area contributed by atoms with Crippen LogP contribution in [0.2, 0.25) is 0 Å². The number of carboxylic acids is 1. The van der Waals surface area contributed by atoms with Gasteiger partial charge in [-0.3, -0.25) is 14.9 Å². The van der Waals surface area contributed by atoms with Gasteiger partial charge in [-0.1, -0.05) is 36.9 Å². The van der Waals surface area contributed by atoms with Crippen molar-refractivity contribution in [1.29, 1.82) is 0 Å². The number of carbonyl (C=O) groups excluding carboxylic acids is 2. The molecule has 92 valence electrons. The quantitative estimate of drug-likeness (QED) is 0.601. The molecular weight excluding hydrogens is 234 g/mol. The number of amides is 2. The lowest BCUT2D eigenvalue weighted by Crippen LogP contribution is -2.21. The van der Waals surface area contributed by atoms with Gasteiger partial charge in [-0.2, -0.15) is 0 Å². The van der Waals surface area contributed by atoms with Crippen molar-refractivity contribution in [3.63, 3.8) is 0 Å². The standard InChI is InChI=1S/C10H7NO2.C3H4O2/c12-9-6-8(10(13)11-9)7-4-2-1-3-5-7;1-2-3(4)5/h1-6H,(H,11,12,13);2H,1H2,(H,4,5). The molecular formula is C13H11NO4. The zero-order valence-electron chi connectivity index (χ0n) is 9.42. The van der Waals surface area contributed by atoms with E-state index in [2.05, 4.69) is 11.9 Å². The number of hydrogen-bond acceptors (Lipinski definition) is 3. The molecule has 2 N–H and O–H groups in total. The van der Waals surface area contributed by atoms with Crippen LogP contribution in [0, 0.1) is 0 Å². The summed E-state index contributed by atoms with van der Waals surface area (Å²) in [4.78, 5) is 31.3. The van der Waals surface area contributed by atoms with Crippen LogP contribution in [-0.2, 0) is 14.4 Å². The van der Waals surface area contributed by atoms with Crippen molar-refractivity contribution in [2.24, 2.45) is 0 Å². The van der Waals surface area contributed by atoms with E-state index in [4.69, 9.17) is 5.11 Å². The first-order valence-corrected chi connectivity index (χ1v) is 5.02. The van der Waals surface area contributed by atoms with Gasteiger partial charge in [0.15, 0.2) is 0 Å². The van der Waals surface area contributed by atoms with Crippen LogP contribution in [0.5, 0.6) is 0 Å². The van der Waals surface area contributed by atoms with Gasteiger partial charge < -0.3 is 5.11 Å². The van der Waals surface area contributed by atoms with E-state index in [0.29, 0.717) is 5.57 Å². The maximum absolute atomic E-state index is 11.2. The van der Waals surface area contributed by atoms with Gasteiger partial charge in [0.25, 0.3) is 11.8 Å². The minimum atomic E-state index is -0.981.